The highest BCUT2D eigenvalue weighted by molar-refractivity contribution is 5.10. The van der Waals surface area contributed by atoms with E-state index in [1.165, 1.54) is 0 Å². The topological polar surface area (TPSA) is 48.4 Å². The Kier molecular flexibility index (Phi) is 4.59. The van der Waals surface area contributed by atoms with Crippen molar-refractivity contribution in [3.05, 3.63) is 23.7 Å². The molecule has 0 fully saturated rings. The van der Waals surface area contributed by atoms with E-state index in [-0.39, 0.29) is 0 Å². The van der Waals surface area contributed by atoms with Gasteiger partial charge >= 0.3 is 6.18 Å². The summed E-state index contributed by atoms with van der Waals surface area (Å²) >= 11 is 0. The molecule has 0 saturated heterocycles. The third-order valence-electron chi connectivity index (χ3n) is 2.33. The van der Waals surface area contributed by atoms with E-state index >= 15 is 0 Å². The van der Waals surface area contributed by atoms with Gasteiger partial charge in [0.2, 0.25) is 0 Å². The molecule has 0 spiro atoms. The van der Waals surface area contributed by atoms with Crippen molar-refractivity contribution in [3.63, 3.8) is 0 Å². The zero-order chi connectivity index (χ0) is 13.1. The smallest absolute Gasteiger partial charge is 0.411 e. The Bertz CT molecular complexity index is 349. The van der Waals surface area contributed by atoms with Crippen molar-refractivity contribution in [3.8, 4) is 0 Å². The monoisotopic (exact) mass is 251 g/mol. The maximum absolute atomic E-state index is 12.1. The second-order valence-electron chi connectivity index (χ2n) is 3.87. The minimum absolute atomic E-state index is 0.334. The van der Waals surface area contributed by atoms with Gasteiger partial charge in [-0.1, -0.05) is 6.92 Å². The molecule has 6 heteroatoms. The van der Waals surface area contributed by atoms with Crippen LogP contribution in [0.4, 0.5) is 13.2 Å². The molecule has 0 aliphatic carbocycles. The summed E-state index contributed by atoms with van der Waals surface area (Å²) in [6.07, 6.45) is -4.73. The van der Waals surface area contributed by atoms with Crippen molar-refractivity contribution >= 4 is 0 Å². The summed E-state index contributed by atoms with van der Waals surface area (Å²) in [5.41, 5.74) is 5.74. The maximum Gasteiger partial charge on any atom is 0.411 e. The van der Waals surface area contributed by atoms with Gasteiger partial charge in [0.15, 0.2) is 0 Å². The first-order valence-electron chi connectivity index (χ1n) is 5.33. The first-order valence-corrected chi connectivity index (χ1v) is 5.33. The van der Waals surface area contributed by atoms with Crippen molar-refractivity contribution in [2.75, 3.05) is 6.61 Å². The van der Waals surface area contributed by atoms with E-state index in [9.17, 15) is 13.2 Å². The molecule has 0 saturated carbocycles. The number of hydrogen-bond acceptors (Lipinski definition) is 3. The molecule has 0 aliphatic rings. The number of furan rings is 1. The number of aryl methyl sites for hydroxylation is 1. The molecule has 1 aromatic rings. The molecule has 98 valence electrons. The fourth-order valence-electron chi connectivity index (χ4n) is 1.42. The van der Waals surface area contributed by atoms with Crippen LogP contribution >= 0.6 is 0 Å². The van der Waals surface area contributed by atoms with Crippen LogP contribution in [-0.4, -0.2) is 18.8 Å². The average molecular weight is 251 g/mol. The lowest BCUT2D eigenvalue weighted by Crippen LogP contribution is -2.32. The zero-order valence-electron chi connectivity index (χ0n) is 9.75. The van der Waals surface area contributed by atoms with Gasteiger partial charge in [-0.2, -0.15) is 13.2 Å². The lowest BCUT2D eigenvalue weighted by Gasteiger charge is -2.22. The van der Waals surface area contributed by atoms with E-state index in [4.69, 9.17) is 14.9 Å². The number of hydrogen-bond donors (Lipinski definition) is 1. The Morgan fingerprint density at radius 2 is 2.06 bits per heavy atom. The first kappa shape index (κ1) is 14.1. The SMILES string of the molecule is CCC(N)C(OCC(F)(F)F)c1ccc(C)o1. The normalized spacial score (nSPS) is 15.9. The number of alkyl halides is 3. The molecule has 17 heavy (non-hydrogen) atoms. The van der Waals surface area contributed by atoms with Gasteiger partial charge < -0.3 is 14.9 Å². The molecule has 0 amide bonds. The van der Waals surface area contributed by atoms with Crippen LogP contribution in [0.2, 0.25) is 0 Å². The van der Waals surface area contributed by atoms with Crippen LogP contribution in [0.15, 0.2) is 16.5 Å². The summed E-state index contributed by atoms with van der Waals surface area (Å²) in [4.78, 5) is 0. The van der Waals surface area contributed by atoms with E-state index < -0.39 is 24.9 Å². The maximum atomic E-state index is 12.1. The molecule has 0 radical (unpaired) electrons. The van der Waals surface area contributed by atoms with Crippen LogP contribution in [0.3, 0.4) is 0 Å². The molecule has 3 nitrogen and oxygen atoms in total. The molecule has 0 bridgehead atoms. The van der Waals surface area contributed by atoms with Crippen LogP contribution in [0.25, 0.3) is 0 Å². The molecule has 1 aromatic heterocycles. The number of nitrogens with two attached hydrogens (primary N) is 1. The Labute approximate surface area is 97.7 Å². The Hall–Kier alpha value is -1.01. The largest absolute Gasteiger partial charge is 0.464 e. The number of rotatable bonds is 5. The van der Waals surface area contributed by atoms with Crippen molar-refractivity contribution in [1.82, 2.24) is 0 Å². The van der Waals surface area contributed by atoms with Crippen LogP contribution in [0.1, 0.15) is 31.0 Å². The van der Waals surface area contributed by atoms with Crippen molar-refractivity contribution in [1.29, 1.82) is 0 Å². The van der Waals surface area contributed by atoms with Gasteiger partial charge in [-0.25, -0.2) is 0 Å². The first-order chi connectivity index (χ1) is 7.83. The Balaban J connectivity index is 2.74. The third-order valence-corrected chi connectivity index (χ3v) is 2.33. The predicted octanol–water partition coefficient (Wildman–Crippen LogP) is 2.95. The van der Waals surface area contributed by atoms with Gasteiger partial charge in [0, 0.05) is 6.04 Å². The van der Waals surface area contributed by atoms with Crippen LogP contribution < -0.4 is 5.73 Å². The molecule has 0 aromatic carbocycles. The molecule has 1 rings (SSSR count). The summed E-state index contributed by atoms with van der Waals surface area (Å²) in [6, 6.07) is 2.73. The molecule has 2 atom stereocenters. The third kappa shape index (κ3) is 4.40. The van der Waals surface area contributed by atoms with Gasteiger partial charge in [-0.3, -0.25) is 0 Å². The van der Waals surface area contributed by atoms with Crippen molar-refractivity contribution in [2.24, 2.45) is 5.73 Å². The van der Waals surface area contributed by atoms with Gasteiger partial charge in [0.05, 0.1) is 0 Å². The number of ether oxygens (including phenoxy) is 1. The molecular formula is C11H16F3NO2. The Morgan fingerprint density at radius 3 is 2.47 bits per heavy atom. The van der Waals surface area contributed by atoms with E-state index in [0.29, 0.717) is 17.9 Å². The predicted molar refractivity (Wildman–Crippen MR) is 56.5 cm³/mol. The summed E-state index contributed by atoms with van der Waals surface area (Å²) in [5.74, 6) is 0.949. The quantitative estimate of drug-likeness (QED) is 0.875. The van der Waals surface area contributed by atoms with Crippen LogP contribution in [0, 0.1) is 6.92 Å². The van der Waals surface area contributed by atoms with Crippen molar-refractivity contribution < 1.29 is 22.3 Å². The van der Waals surface area contributed by atoms with E-state index in [2.05, 4.69) is 0 Å². The lowest BCUT2D eigenvalue weighted by atomic mass is 10.1. The molecule has 1 heterocycles. The molecular weight excluding hydrogens is 235 g/mol. The summed E-state index contributed by atoms with van der Waals surface area (Å²) < 4.78 is 46.4. The second kappa shape index (κ2) is 5.55. The van der Waals surface area contributed by atoms with Gasteiger partial charge in [0.1, 0.15) is 24.2 Å². The minimum atomic E-state index is -4.37. The highest BCUT2D eigenvalue weighted by atomic mass is 19.4. The Morgan fingerprint density at radius 1 is 1.41 bits per heavy atom. The second-order valence-corrected chi connectivity index (χ2v) is 3.87. The summed E-state index contributed by atoms with van der Waals surface area (Å²) in [5, 5.41) is 0. The molecule has 0 aliphatic heterocycles. The molecule has 2 N–H and O–H groups in total. The lowest BCUT2D eigenvalue weighted by molar-refractivity contribution is -0.190. The fraction of sp³-hybridized carbons (Fsp3) is 0.636. The van der Waals surface area contributed by atoms with Gasteiger partial charge in [0.25, 0.3) is 0 Å². The highest BCUT2D eigenvalue weighted by Crippen LogP contribution is 2.27. The average Bonchev–Trinajstić information content (AvgIpc) is 2.63. The van der Waals surface area contributed by atoms with E-state index in [0.717, 1.165) is 0 Å². The van der Waals surface area contributed by atoms with Crippen molar-refractivity contribution in [2.45, 2.75) is 38.6 Å². The van der Waals surface area contributed by atoms with Gasteiger partial charge in [-0.05, 0) is 25.5 Å². The fourth-order valence-corrected chi connectivity index (χ4v) is 1.42. The van der Waals surface area contributed by atoms with E-state index in [1.807, 2.05) is 0 Å². The van der Waals surface area contributed by atoms with Crippen LogP contribution in [0.5, 0.6) is 0 Å². The zero-order valence-corrected chi connectivity index (χ0v) is 9.75. The summed E-state index contributed by atoms with van der Waals surface area (Å²) in [7, 11) is 0. The molecule has 2 unspecified atom stereocenters. The summed E-state index contributed by atoms with van der Waals surface area (Å²) in [6.45, 7) is 2.16. The minimum Gasteiger partial charge on any atom is -0.464 e. The number of halogens is 3. The standard InChI is InChI=1S/C11H16F3NO2/c1-3-8(15)10(16-6-11(12,13)14)9-5-4-7(2)17-9/h4-5,8,10H,3,6,15H2,1-2H3. The van der Waals surface area contributed by atoms with E-state index in [1.54, 1.807) is 26.0 Å². The highest BCUT2D eigenvalue weighted by Gasteiger charge is 2.32. The van der Waals surface area contributed by atoms with Gasteiger partial charge in [-0.15, -0.1) is 0 Å². The van der Waals surface area contributed by atoms with Crippen LogP contribution in [-0.2, 0) is 4.74 Å².